The second kappa shape index (κ2) is 4.28. The van der Waals surface area contributed by atoms with Gasteiger partial charge in [-0.25, -0.2) is 0 Å². The van der Waals surface area contributed by atoms with Gasteiger partial charge < -0.3 is 10.5 Å². The lowest BCUT2D eigenvalue weighted by atomic mass is 9.91. The van der Waals surface area contributed by atoms with Crippen LogP contribution >= 0.6 is 11.3 Å². The first-order valence-corrected chi connectivity index (χ1v) is 6.00. The molecule has 0 radical (unpaired) electrons. The van der Waals surface area contributed by atoms with Gasteiger partial charge in [0.1, 0.15) is 5.75 Å². The van der Waals surface area contributed by atoms with Crippen LogP contribution in [-0.2, 0) is 5.54 Å². The van der Waals surface area contributed by atoms with E-state index in [0.717, 1.165) is 16.2 Å². The minimum atomic E-state index is -0.430. The van der Waals surface area contributed by atoms with Crippen molar-refractivity contribution in [3.8, 4) is 5.75 Å². The van der Waals surface area contributed by atoms with Gasteiger partial charge in [0.15, 0.2) is 0 Å². The van der Waals surface area contributed by atoms with E-state index in [-0.39, 0.29) is 0 Å². The summed E-state index contributed by atoms with van der Waals surface area (Å²) in [5.41, 5.74) is 7.03. The molecule has 0 spiro atoms. The Morgan fingerprint density at radius 2 is 1.88 bits per heavy atom. The highest BCUT2D eigenvalue weighted by Gasteiger charge is 2.24. The molecule has 16 heavy (non-hydrogen) atoms. The largest absolute Gasteiger partial charge is 0.497 e. The normalized spacial score (nSPS) is 14.4. The van der Waals surface area contributed by atoms with Crippen molar-refractivity contribution in [3.63, 3.8) is 0 Å². The summed E-state index contributed by atoms with van der Waals surface area (Å²) in [7, 11) is 1.66. The second-order valence-corrected chi connectivity index (χ2v) is 4.86. The summed E-state index contributed by atoms with van der Waals surface area (Å²) in [5.74, 6) is 0.853. The van der Waals surface area contributed by atoms with Crippen molar-refractivity contribution in [3.05, 3.63) is 52.2 Å². The molecule has 0 aliphatic heterocycles. The van der Waals surface area contributed by atoms with Crippen LogP contribution in [-0.4, -0.2) is 7.11 Å². The lowest BCUT2D eigenvalue weighted by Crippen LogP contribution is -2.33. The highest BCUT2D eigenvalue weighted by Crippen LogP contribution is 2.30. The third kappa shape index (κ3) is 1.96. The molecular formula is C13H15NOS. The first kappa shape index (κ1) is 11.2. The standard InChI is InChI=1S/C13H15NOS/c1-13(14,12-4-3-9-16-12)10-5-7-11(15-2)8-6-10/h3-9H,14H2,1-2H3. The molecule has 1 unspecified atom stereocenters. The van der Waals surface area contributed by atoms with Crippen molar-refractivity contribution in [1.82, 2.24) is 0 Å². The predicted octanol–water partition coefficient (Wildman–Crippen LogP) is 2.98. The molecule has 2 nitrogen and oxygen atoms in total. The van der Waals surface area contributed by atoms with E-state index >= 15 is 0 Å². The zero-order valence-corrected chi connectivity index (χ0v) is 10.3. The zero-order chi connectivity index (χ0) is 11.6. The van der Waals surface area contributed by atoms with E-state index in [9.17, 15) is 0 Å². The molecule has 84 valence electrons. The lowest BCUT2D eigenvalue weighted by Gasteiger charge is -2.24. The predicted molar refractivity (Wildman–Crippen MR) is 68.0 cm³/mol. The van der Waals surface area contributed by atoms with Gasteiger partial charge >= 0.3 is 0 Å². The second-order valence-electron chi connectivity index (χ2n) is 3.91. The number of ether oxygens (including phenoxy) is 1. The van der Waals surface area contributed by atoms with Crippen molar-refractivity contribution in [1.29, 1.82) is 0 Å². The van der Waals surface area contributed by atoms with Crippen LogP contribution < -0.4 is 10.5 Å². The average Bonchev–Trinajstić information content (AvgIpc) is 2.83. The molecule has 1 aromatic carbocycles. The molecule has 0 amide bonds. The summed E-state index contributed by atoms with van der Waals surface area (Å²) in [6.45, 7) is 2.03. The molecule has 3 heteroatoms. The zero-order valence-electron chi connectivity index (χ0n) is 9.44. The van der Waals surface area contributed by atoms with Crippen LogP contribution in [0.3, 0.4) is 0 Å². The highest BCUT2D eigenvalue weighted by atomic mass is 32.1. The van der Waals surface area contributed by atoms with Crippen molar-refractivity contribution in [2.24, 2.45) is 5.73 Å². The van der Waals surface area contributed by atoms with E-state index in [0.29, 0.717) is 0 Å². The number of hydrogen-bond acceptors (Lipinski definition) is 3. The van der Waals surface area contributed by atoms with Crippen LogP contribution in [0, 0.1) is 0 Å². The number of rotatable bonds is 3. The number of thiophene rings is 1. The summed E-state index contributed by atoms with van der Waals surface area (Å²) >= 11 is 1.68. The molecule has 0 saturated heterocycles. The van der Waals surface area contributed by atoms with Crippen LogP contribution in [0.15, 0.2) is 41.8 Å². The van der Waals surface area contributed by atoms with Crippen molar-refractivity contribution in [2.75, 3.05) is 7.11 Å². The molecule has 0 fully saturated rings. The van der Waals surface area contributed by atoms with E-state index in [1.165, 1.54) is 0 Å². The molecule has 2 N–H and O–H groups in total. The van der Waals surface area contributed by atoms with Crippen molar-refractivity contribution < 1.29 is 4.74 Å². The fourth-order valence-electron chi connectivity index (χ4n) is 1.65. The monoisotopic (exact) mass is 233 g/mol. The fraction of sp³-hybridized carbons (Fsp3) is 0.231. The Hall–Kier alpha value is -1.32. The maximum absolute atomic E-state index is 6.36. The van der Waals surface area contributed by atoms with Gasteiger partial charge in [0.2, 0.25) is 0 Å². The number of nitrogens with two attached hydrogens (primary N) is 1. The quantitative estimate of drug-likeness (QED) is 0.884. The maximum Gasteiger partial charge on any atom is 0.118 e. The summed E-state index contributed by atoms with van der Waals surface area (Å²) in [5, 5.41) is 2.05. The van der Waals surface area contributed by atoms with Crippen LogP contribution in [0.25, 0.3) is 0 Å². The Bertz CT molecular complexity index is 445. The highest BCUT2D eigenvalue weighted by molar-refractivity contribution is 7.10. The van der Waals surface area contributed by atoms with Crippen molar-refractivity contribution >= 4 is 11.3 Å². The Balaban J connectivity index is 2.35. The summed E-state index contributed by atoms with van der Waals surface area (Å²) in [6, 6.07) is 12.0. The molecule has 1 aromatic heterocycles. The minimum Gasteiger partial charge on any atom is -0.497 e. The number of methoxy groups -OCH3 is 1. The van der Waals surface area contributed by atoms with E-state index < -0.39 is 5.54 Å². The molecule has 2 aromatic rings. The summed E-state index contributed by atoms with van der Waals surface area (Å²) < 4.78 is 5.13. The molecule has 0 saturated carbocycles. The van der Waals surface area contributed by atoms with Gasteiger partial charge in [0.05, 0.1) is 12.6 Å². The first-order chi connectivity index (χ1) is 7.64. The molecule has 0 aliphatic carbocycles. The molecule has 0 aliphatic rings. The van der Waals surface area contributed by atoms with Crippen molar-refractivity contribution in [2.45, 2.75) is 12.5 Å². The lowest BCUT2D eigenvalue weighted by molar-refractivity contribution is 0.414. The molecular weight excluding hydrogens is 218 g/mol. The van der Waals surface area contributed by atoms with Gasteiger partial charge in [0, 0.05) is 4.88 Å². The Labute approximate surface area is 99.7 Å². The average molecular weight is 233 g/mol. The Morgan fingerprint density at radius 3 is 2.38 bits per heavy atom. The fourth-order valence-corrected chi connectivity index (χ4v) is 2.48. The smallest absolute Gasteiger partial charge is 0.118 e. The number of benzene rings is 1. The molecule has 2 rings (SSSR count). The van der Waals surface area contributed by atoms with E-state index in [4.69, 9.17) is 10.5 Å². The third-order valence-corrected chi connectivity index (χ3v) is 3.83. The van der Waals surface area contributed by atoms with Gasteiger partial charge in [-0.1, -0.05) is 18.2 Å². The van der Waals surface area contributed by atoms with Crippen LogP contribution in [0.5, 0.6) is 5.75 Å². The molecule has 1 atom stereocenters. The van der Waals surface area contributed by atoms with Crippen LogP contribution in [0.2, 0.25) is 0 Å². The minimum absolute atomic E-state index is 0.430. The van der Waals surface area contributed by atoms with Gasteiger partial charge in [-0.2, -0.15) is 0 Å². The SMILES string of the molecule is COc1ccc(C(C)(N)c2cccs2)cc1. The van der Waals surface area contributed by atoms with E-state index in [1.807, 2.05) is 42.6 Å². The maximum atomic E-state index is 6.36. The van der Waals surface area contributed by atoms with Crippen LogP contribution in [0.1, 0.15) is 17.4 Å². The van der Waals surface area contributed by atoms with E-state index in [2.05, 4.69) is 6.07 Å². The van der Waals surface area contributed by atoms with Gasteiger partial charge in [-0.05, 0) is 36.1 Å². The van der Waals surface area contributed by atoms with Gasteiger partial charge in [0.25, 0.3) is 0 Å². The molecule has 0 bridgehead atoms. The van der Waals surface area contributed by atoms with E-state index in [1.54, 1.807) is 18.4 Å². The Morgan fingerprint density at radius 1 is 1.19 bits per heavy atom. The number of hydrogen-bond donors (Lipinski definition) is 1. The molecule has 1 heterocycles. The third-order valence-electron chi connectivity index (χ3n) is 2.72. The Kier molecular flexibility index (Phi) is 2.99. The first-order valence-electron chi connectivity index (χ1n) is 5.12. The van der Waals surface area contributed by atoms with Gasteiger partial charge in [-0.3, -0.25) is 0 Å². The summed E-state index contributed by atoms with van der Waals surface area (Å²) in [4.78, 5) is 1.16. The van der Waals surface area contributed by atoms with Gasteiger partial charge in [-0.15, -0.1) is 11.3 Å². The topological polar surface area (TPSA) is 35.2 Å². The summed E-state index contributed by atoms with van der Waals surface area (Å²) in [6.07, 6.45) is 0. The van der Waals surface area contributed by atoms with Crippen LogP contribution in [0.4, 0.5) is 0 Å².